The average Bonchev–Trinajstić information content (AvgIpc) is 2.76. The molecule has 2 aromatic carbocycles. The minimum absolute atomic E-state index is 0.245. The Morgan fingerprint density at radius 2 is 2.06 bits per heavy atom. The summed E-state index contributed by atoms with van der Waals surface area (Å²) in [5.41, 5.74) is 6.77. The fourth-order valence-electron chi connectivity index (χ4n) is 4.12. The van der Waals surface area contributed by atoms with Gasteiger partial charge in [-0.25, -0.2) is 14.4 Å². The van der Waals surface area contributed by atoms with E-state index in [0.717, 1.165) is 30.5 Å². The first kappa shape index (κ1) is 21.7. The van der Waals surface area contributed by atoms with Gasteiger partial charge in [0, 0.05) is 19.5 Å². The Bertz CT molecular complexity index is 1120. The van der Waals surface area contributed by atoms with Gasteiger partial charge in [-0.3, -0.25) is 16.7 Å². The van der Waals surface area contributed by atoms with Gasteiger partial charge in [0.1, 0.15) is 29.3 Å². The number of nitrogens with two attached hydrogens (primary N) is 1. The largest absolute Gasteiger partial charge is 0.356 e. The third-order valence-electron chi connectivity index (χ3n) is 5.48. The van der Waals surface area contributed by atoms with Crippen molar-refractivity contribution >= 4 is 45.8 Å². The van der Waals surface area contributed by atoms with Crippen LogP contribution in [0, 0.1) is 17.1 Å². The minimum Gasteiger partial charge on any atom is -0.356 e. The van der Waals surface area contributed by atoms with Gasteiger partial charge in [0.05, 0.1) is 15.4 Å². The first-order valence-electron chi connectivity index (χ1n) is 9.90. The number of hydrazine groups is 2. The summed E-state index contributed by atoms with van der Waals surface area (Å²) in [6.07, 6.45) is 3.88. The number of rotatable bonds is 5. The second-order valence-electron chi connectivity index (χ2n) is 7.55. The van der Waals surface area contributed by atoms with Crippen molar-refractivity contribution in [3.63, 3.8) is 0 Å². The maximum absolute atomic E-state index is 14.7. The fourth-order valence-corrected chi connectivity index (χ4v) is 4.42. The van der Waals surface area contributed by atoms with Crippen molar-refractivity contribution in [3.8, 4) is 11.1 Å². The predicted molar refractivity (Wildman–Crippen MR) is 123 cm³/mol. The second kappa shape index (κ2) is 9.32. The molecule has 0 aliphatic carbocycles. The molecule has 1 aliphatic rings. The highest BCUT2D eigenvalue weighted by atomic mass is 35.5. The van der Waals surface area contributed by atoms with Crippen molar-refractivity contribution in [2.45, 2.75) is 19.3 Å². The molecule has 1 fully saturated rings. The molecule has 7 nitrogen and oxygen atoms in total. The molecule has 1 atom stereocenters. The van der Waals surface area contributed by atoms with E-state index in [1.54, 1.807) is 18.2 Å². The Morgan fingerprint density at radius 1 is 1.23 bits per heavy atom. The van der Waals surface area contributed by atoms with E-state index in [4.69, 9.17) is 34.5 Å². The summed E-state index contributed by atoms with van der Waals surface area (Å²) in [6.45, 7) is 1.48. The lowest BCUT2D eigenvalue weighted by Gasteiger charge is -2.34. The SMILES string of the molecule is N=C(CC1CCCN(c2ncnc3c(F)ccc(-c4ccc(Cl)c(Cl)c4)c23)C1)NNN. The van der Waals surface area contributed by atoms with Gasteiger partial charge in [0.2, 0.25) is 0 Å². The Balaban J connectivity index is 1.77. The van der Waals surface area contributed by atoms with Crippen LogP contribution in [-0.4, -0.2) is 28.9 Å². The van der Waals surface area contributed by atoms with E-state index in [-0.39, 0.29) is 11.4 Å². The topological polar surface area (TPSA) is 103 Å². The van der Waals surface area contributed by atoms with Gasteiger partial charge in [0.25, 0.3) is 0 Å². The van der Waals surface area contributed by atoms with E-state index >= 15 is 0 Å². The van der Waals surface area contributed by atoms with Crippen LogP contribution in [0.25, 0.3) is 22.0 Å². The lowest BCUT2D eigenvalue weighted by Crippen LogP contribution is -2.44. The monoisotopic (exact) mass is 461 g/mol. The van der Waals surface area contributed by atoms with Crippen LogP contribution in [0.2, 0.25) is 10.0 Å². The molecule has 1 aliphatic heterocycles. The van der Waals surface area contributed by atoms with Crippen molar-refractivity contribution in [2.75, 3.05) is 18.0 Å². The quantitative estimate of drug-likeness (QED) is 0.195. The zero-order chi connectivity index (χ0) is 22.0. The van der Waals surface area contributed by atoms with E-state index in [2.05, 4.69) is 25.8 Å². The number of halogens is 3. The lowest BCUT2D eigenvalue weighted by molar-refractivity contribution is 0.420. The molecule has 2 heterocycles. The minimum atomic E-state index is -0.406. The molecule has 0 spiro atoms. The number of hydrogen-bond acceptors (Lipinski definition) is 6. The molecule has 1 unspecified atom stereocenters. The number of nitrogens with zero attached hydrogens (tertiary/aromatic N) is 3. The van der Waals surface area contributed by atoms with Crippen molar-refractivity contribution in [1.29, 1.82) is 5.41 Å². The zero-order valence-corrected chi connectivity index (χ0v) is 18.1. The van der Waals surface area contributed by atoms with Gasteiger partial charge >= 0.3 is 0 Å². The summed E-state index contributed by atoms with van der Waals surface area (Å²) >= 11 is 12.3. The second-order valence-corrected chi connectivity index (χ2v) is 8.37. The number of anilines is 1. The molecule has 4 rings (SSSR count). The Hall–Kier alpha value is -2.52. The standard InChI is InChI=1S/C21H22Cl2FN7/c22-15-5-3-13(9-16(15)23)14-4-6-17(24)20-19(14)21(28-11-27-20)31-7-1-2-12(10-31)8-18(25)29-30-26/h3-6,9,11-12,30H,1-2,7-8,10,26H2,(H2,25,29). The lowest BCUT2D eigenvalue weighted by atomic mass is 9.93. The molecule has 0 radical (unpaired) electrons. The molecule has 3 aromatic rings. The summed E-state index contributed by atoms with van der Waals surface area (Å²) in [6, 6.07) is 8.46. The smallest absolute Gasteiger partial charge is 0.149 e. The summed E-state index contributed by atoms with van der Waals surface area (Å²) in [5.74, 6) is 6.07. The number of hydrogen-bond donors (Lipinski definition) is 4. The highest BCUT2D eigenvalue weighted by Gasteiger charge is 2.25. The summed E-state index contributed by atoms with van der Waals surface area (Å²) < 4.78 is 14.7. The highest BCUT2D eigenvalue weighted by Crippen LogP contribution is 2.38. The predicted octanol–water partition coefficient (Wildman–Crippen LogP) is 4.29. The molecular weight excluding hydrogens is 440 g/mol. The van der Waals surface area contributed by atoms with E-state index in [1.807, 2.05) is 6.07 Å². The third-order valence-corrected chi connectivity index (χ3v) is 6.22. The number of aromatic nitrogens is 2. The van der Waals surface area contributed by atoms with Crippen LogP contribution in [-0.2, 0) is 0 Å². The van der Waals surface area contributed by atoms with Crippen molar-refractivity contribution < 1.29 is 4.39 Å². The van der Waals surface area contributed by atoms with Crippen LogP contribution in [0.4, 0.5) is 10.2 Å². The Morgan fingerprint density at radius 3 is 2.84 bits per heavy atom. The number of fused-ring (bicyclic) bond motifs is 1. The van der Waals surface area contributed by atoms with Gasteiger partial charge in [-0.05, 0) is 48.1 Å². The summed E-state index contributed by atoms with van der Waals surface area (Å²) in [4.78, 5) is 10.9. The molecule has 31 heavy (non-hydrogen) atoms. The van der Waals surface area contributed by atoms with Crippen LogP contribution in [0.1, 0.15) is 19.3 Å². The maximum atomic E-state index is 14.7. The molecule has 162 valence electrons. The van der Waals surface area contributed by atoms with Crippen molar-refractivity contribution in [2.24, 2.45) is 11.8 Å². The van der Waals surface area contributed by atoms with E-state index < -0.39 is 5.82 Å². The molecule has 5 N–H and O–H groups in total. The third kappa shape index (κ3) is 4.57. The number of nitrogens with one attached hydrogen (secondary N) is 3. The molecule has 10 heteroatoms. The molecule has 0 bridgehead atoms. The van der Waals surface area contributed by atoms with Gasteiger partial charge in [-0.15, -0.1) is 0 Å². The fraction of sp³-hybridized carbons (Fsp3) is 0.286. The molecule has 1 saturated heterocycles. The molecule has 0 amide bonds. The van der Waals surface area contributed by atoms with Gasteiger partial charge in [-0.2, -0.15) is 5.53 Å². The van der Waals surface area contributed by atoms with Gasteiger partial charge in [-0.1, -0.05) is 35.3 Å². The van der Waals surface area contributed by atoms with Crippen LogP contribution in [0.3, 0.4) is 0 Å². The summed E-state index contributed by atoms with van der Waals surface area (Å²) in [5, 5.41) is 9.48. The van der Waals surface area contributed by atoms with Gasteiger partial charge < -0.3 is 4.90 Å². The number of benzene rings is 2. The Labute approximate surface area is 189 Å². The first-order valence-corrected chi connectivity index (χ1v) is 10.7. The van der Waals surface area contributed by atoms with Crippen LogP contribution >= 0.6 is 23.2 Å². The van der Waals surface area contributed by atoms with Crippen LogP contribution < -0.4 is 21.7 Å². The van der Waals surface area contributed by atoms with Crippen molar-refractivity contribution in [1.82, 2.24) is 20.9 Å². The zero-order valence-electron chi connectivity index (χ0n) is 16.6. The van der Waals surface area contributed by atoms with E-state index in [9.17, 15) is 4.39 Å². The average molecular weight is 462 g/mol. The van der Waals surface area contributed by atoms with Gasteiger partial charge in [0.15, 0.2) is 0 Å². The van der Waals surface area contributed by atoms with Crippen LogP contribution in [0.15, 0.2) is 36.7 Å². The van der Waals surface area contributed by atoms with E-state index in [1.165, 1.54) is 12.4 Å². The molecular formula is C21H22Cl2FN7. The maximum Gasteiger partial charge on any atom is 0.149 e. The molecule has 1 aromatic heterocycles. The summed E-state index contributed by atoms with van der Waals surface area (Å²) in [7, 11) is 0. The number of amidine groups is 1. The van der Waals surface area contributed by atoms with Crippen LogP contribution in [0.5, 0.6) is 0 Å². The Kier molecular flexibility index (Phi) is 6.52. The normalized spacial score (nSPS) is 16.5. The highest BCUT2D eigenvalue weighted by molar-refractivity contribution is 6.42. The van der Waals surface area contributed by atoms with Crippen molar-refractivity contribution in [3.05, 3.63) is 52.5 Å². The first-order chi connectivity index (χ1) is 15.0. The van der Waals surface area contributed by atoms with E-state index in [0.29, 0.717) is 40.1 Å². The molecule has 0 saturated carbocycles. The number of piperidine rings is 1.